The predicted molar refractivity (Wildman–Crippen MR) is 121 cm³/mol. The van der Waals surface area contributed by atoms with Crippen molar-refractivity contribution in [2.45, 2.75) is 30.0 Å². The van der Waals surface area contributed by atoms with E-state index in [0.717, 1.165) is 16.9 Å². The van der Waals surface area contributed by atoms with Gasteiger partial charge in [-0.25, -0.2) is 13.1 Å². The average Bonchev–Trinajstić information content (AvgIpc) is 2.79. The zero-order valence-electron chi connectivity index (χ0n) is 17.5. The van der Waals surface area contributed by atoms with E-state index in [1.165, 1.54) is 0 Å². The normalized spacial score (nSPS) is 22.6. The molecule has 3 aromatic rings. The number of fused-ring (bicyclic) bond motifs is 2. The molecule has 2 N–H and O–H groups in total. The van der Waals surface area contributed by atoms with Crippen LogP contribution >= 0.6 is 0 Å². The third-order valence-corrected chi connectivity index (χ3v) is 7.34. The van der Waals surface area contributed by atoms with Crippen molar-refractivity contribution in [3.05, 3.63) is 78.4 Å². The van der Waals surface area contributed by atoms with Gasteiger partial charge < -0.3 is 19.5 Å². The molecule has 0 aliphatic carbocycles. The van der Waals surface area contributed by atoms with Crippen LogP contribution in [-0.4, -0.2) is 44.9 Å². The number of nitrogens with one attached hydrogen (secondary N) is 1. The molecule has 5 rings (SSSR count). The highest BCUT2D eigenvalue weighted by atomic mass is 32.2. The predicted octanol–water partition coefficient (Wildman–Crippen LogP) is 3.35. The molecule has 0 amide bonds. The van der Waals surface area contributed by atoms with E-state index in [9.17, 15) is 13.5 Å². The van der Waals surface area contributed by atoms with Crippen molar-refractivity contribution in [3.63, 3.8) is 0 Å². The third kappa shape index (κ3) is 3.75. The third-order valence-electron chi connectivity index (χ3n) is 5.83. The van der Waals surface area contributed by atoms with Crippen LogP contribution in [0.4, 0.5) is 11.4 Å². The first kappa shape index (κ1) is 21.0. The van der Waals surface area contributed by atoms with Crippen LogP contribution in [0.1, 0.15) is 5.56 Å². The Morgan fingerprint density at radius 3 is 2.12 bits per heavy atom. The molecular formula is C24H24N2O5S. The fourth-order valence-corrected chi connectivity index (χ4v) is 5.42. The highest BCUT2D eigenvalue weighted by Crippen LogP contribution is 2.48. The molecule has 1 saturated heterocycles. The van der Waals surface area contributed by atoms with E-state index in [-0.39, 0.29) is 18.1 Å². The Hall–Kier alpha value is -2.91. The molecule has 2 heterocycles. The summed E-state index contributed by atoms with van der Waals surface area (Å²) < 4.78 is 40.3. The number of aliphatic hydroxyl groups is 1. The van der Waals surface area contributed by atoms with E-state index in [1.807, 2.05) is 60.4 Å². The van der Waals surface area contributed by atoms with Gasteiger partial charge in [-0.1, -0.05) is 42.0 Å². The highest BCUT2D eigenvalue weighted by Gasteiger charge is 2.41. The Morgan fingerprint density at radius 1 is 0.906 bits per heavy atom. The standard InChI is InChI=1S/C24H24N2O5S/c1-16-10-12-17(13-11-16)32(28,29)25-18-14-30-15-21(24(18)27)26-19-6-2-4-8-22(19)31-23-9-5-3-7-20(23)26/h2-13,18,21,24-25,27H,14-15H2,1H3/t18-,21?,24+/m1/s1. The zero-order valence-corrected chi connectivity index (χ0v) is 18.3. The largest absolute Gasteiger partial charge is 0.453 e. The molecule has 166 valence electrons. The molecule has 8 heteroatoms. The number of sulfonamides is 1. The molecule has 32 heavy (non-hydrogen) atoms. The van der Waals surface area contributed by atoms with Gasteiger partial charge in [0.15, 0.2) is 11.5 Å². The summed E-state index contributed by atoms with van der Waals surface area (Å²) in [7, 11) is -3.82. The van der Waals surface area contributed by atoms with Gasteiger partial charge in [0.1, 0.15) is 0 Å². The maximum Gasteiger partial charge on any atom is 0.240 e. The Balaban J connectivity index is 1.46. The Labute approximate surface area is 187 Å². The number of para-hydroxylation sites is 4. The lowest BCUT2D eigenvalue weighted by Crippen LogP contribution is -2.60. The molecule has 0 bridgehead atoms. The van der Waals surface area contributed by atoms with Crippen molar-refractivity contribution in [3.8, 4) is 11.5 Å². The van der Waals surface area contributed by atoms with E-state index in [4.69, 9.17) is 9.47 Å². The van der Waals surface area contributed by atoms with E-state index >= 15 is 0 Å². The second-order valence-corrected chi connectivity index (χ2v) is 9.76. The second-order valence-electron chi connectivity index (χ2n) is 8.04. The molecule has 0 aromatic heterocycles. The van der Waals surface area contributed by atoms with E-state index in [0.29, 0.717) is 11.5 Å². The Morgan fingerprint density at radius 2 is 1.50 bits per heavy atom. The molecule has 2 aliphatic rings. The number of hydrogen-bond donors (Lipinski definition) is 2. The number of ether oxygens (including phenoxy) is 2. The van der Waals surface area contributed by atoms with Crippen molar-refractivity contribution < 1.29 is 23.0 Å². The van der Waals surface area contributed by atoms with Crippen molar-refractivity contribution in [1.82, 2.24) is 4.72 Å². The number of nitrogens with zero attached hydrogens (tertiary/aromatic N) is 1. The first-order chi connectivity index (χ1) is 15.4. The van der Waals surface area contributed by atoms with Gasteiger partial charge in [-0.2, -0.15) is 0 Å². The van der Waals surface area contributed by atoms with Crippen LogP contribution < -0.4 is 14.4 Å². The summed E-state index contributed by atoms with van der Waals surface area (Å²) in [5, 5.41) is 11.3. The average molecular weight is 453 g/mol. The molecule has 2 aliphatic heterocycles. The monoisotopic (exact) mass is 452 g/mol. The van der Waals surface area contributed by atoms with Gasteiger partial charge >= 0.3 is 0 Å². The zero-order chi connectivity index (χ0) is 22.3. The molecule has 7 nitrogen and oxygen atoms in total. The van der Waals surface area contributed by atoms with Gasteiger partial charge in [-0.3, -0.25) is 0 Å². The van der Waals surface area contributed by atoms with Crippen LogP contribution in [0.3, 0.4) is 0 Å². The summed E-state index contributed by atoms with van der Waals surface area (Å²) in [5.41, 5.74) is 2.55. The van der Waals surface area contributed by atoms with Crippen LogP contribution in [0.2, 0.25) is 0 Å². The smallest absolute Gasteiger partial charge is 0.240 e. The SMILES string of the molecule is Cc1ccc(S(=O)(=O)N[C@@H]2COCC(N3c4ccccc4Oc4ccccc43)[C@H]2O)cc1. The minimum absolute atomic E-state index is 0.0798. The fraction of sp³-hybridized carbons (Fsp3) is 0.250. The van der Waals surface area contributed by atoms with E-state index in [2.05, 4.69) is 4.72 Å². The molecule has 1 fully saturated rings. The summed E-state index contributed by atoms with van der Waals surface area (Å²) in [4.78, 5) is 2.13. The molecule has 0 spiro atoms. The molecular weight excluding hydrogens is 428 g/mol. The number of hydrogen-bond acceptors (Lipinski definition) is 6. The molecule has 1 unspecified atom stereocenters. The maximum atomic E-state index is 12.9. The van der Waals surface area contributed by atoms with Crippen LogP contribution in [0, 0.1) is 6.92 Å². The van der Waals surface area contributed by atoms with Gasteiger partial charge in [0.2, 0.25) is 10.0 Å². The van der Waals surface area contributed by atoms with Gasteiger partial charge in [-0.15, -0.1) is 0 Å². The Kier molecular flexibility index (Phi) is 5.38. The Bertz CT molecular complexity index is 1180. The van der Waals surface area contributed by atoms with E-state index < -0.39 is 28.2 Å². The summed E-state index contributed by atoms with van der Waals surface area (Å²) >= 11 is 0. The minimum Gasteiger partial charge on any atom is -0.453 e. The van der Waals surface area contributed by atoms with Crippen molar-refractivity contribution in [1.29, 1.82) is 0 Å². The quantitative estimate of drug-likeness (QED) is 0.631. The van der Waals surface area contributed by atoms with Gasteiger partial charge in [0, 0.05) is 0 Å². The topological polar surface area (TPSA) is 88.1 Å². The number of aryl methyl sites for hydroxylation is 1. The fourth-order valence-electron chi connectivity index (χ4n) is 4.19. The molecule has 0 radical (unpaired) electrons. The number of anilines is 2. The van der Waals surface area contributed by atoms with Gasteiger partial charge in [0.05, 0.1) is 47.7 Å². The van der Waals surface area contributed by atoms with Crippen LogP contribution in [0.15, 0.2) is 77.7 Å². The molecule has 0 saturated carbocycles. The molecule has 3 aromatic carbocycles. The first-order valence-corrected chi connectivity index (χ1v) is 11.9. The lowest BCUT2D eigenvalue weighted by atomic mass is 9.98. The minimum atomic E-state index is -3.82. The summed E-state index contributed by atoms with van der Waals surface area (Å²) in [6, 6.07) is 20.4. The first-order valence-electron chi connectivity index (χ1n) is 10.4. The second kappa shape index (κ2) is 8.22. The number of aliphatic hydroxyl groups excluding tert-OH is 1. The van der Waals surface area contributed by atoms with E-state index in [1.54, 1.807) is 24.3 Å². The maximum absolute atomic E-state index is 12.9. The lowest BCUT2D eigenvalue weighted by molar-refractivity contribution is -0.0244. The van der Waals surface area contributed by atoms with Gasteiger partial charge in [0.25, 0.3) is 0 Å². The summed E-state index contributed by atoms with van der Waals surface area (Å²) in [5.74, 6) is 1.33. The van der Waals surface area contributed by atoms with Crippen LogP contribution in [0.25, 0.3) is 0 Å². The van der Waals surface area contributed by atoms with Crippen LogP contribution in [0.5, 0.6) is 11.5 Å². The number of benzene rings is 3. The van der Waals surface area contributed by atoms with Gasteiger partial charge in [-0.05, 0) is 43.3 Å². The summed E-state index contributed by atoms with van der Waals surface area (Å²) in [6.07, 6.45) is -1.01. The highest BCUT2D eigenvalue weighted by molar-refractivity contribution is 7.89. The van der Waals surface area contributed by atoms with Crippen molar-refractivity contribution in [2.24, 2.45) is 0 Å². The summed E-state index contributed by atoms with van der Waals surface area (Å²) in [6.45, 7) is 2.22. The lowest BCUT2D eigenvalue weighted by Gasteiger charge is -2.44. The number of rotatable bonds is 4. The molecule has 3 atom stereocenters. The van der Waals surface area contributed by atoms with Crippen molar-refractivity contribution in [2.75, 3.05) is 18.1 Å². The van der Waals surface area contributed by atoms with Crippen molar-refractivity contribution >= 4 is 21.4 Å². The van der Waals surface area contributed by atoms with Crippen LogP contribution in [-0.2, 0) is 14.8 Å².